The number of pyridine rings is 1. The van der Waals surface area contributed by atoms with Crippen LogP contribution in [0.15, 0.2) is 59.4 Å². The summed E-state index contributed by atoms with van der Waals surface area (Å²) in [5, 5.41) is 24.6. The number of phenols is 1. The maximum atomic E-state index is 9.80. The van der Waals surface area contributed by atoms with Gasteiger partial charge in [-0.3, -0.25) is 4.98 Å². The second-order valence-electron chi connectivity index (χ2n) is 7.38. The number of aromatic hydroxyl groups is 1. The highest BCUT2D eigenvalue weighted by Gasteiger charge is 2.30. The molecular formula is C22H21N7O2. The summed E-state index contributed by atoms with van der Waals surface area (Å²) in [5.41, 5.74) is 2.46. The summed E-state index contributed by atoms with van der Waals surface area (Å²) >= 11 is 0. The zero-order chi connectivity index (χ0) is 21.0. The van der Waals surface area contributed by atoms with Crippen LogP contribution in [-0.2, 0) is 6.42 Å². The highest BCUT2D eigenvalue weighted by Crippen LogP contribution is 2.40. The number of hydrogen-bond donors (Lipinski definition) is 3. The van der Waals surface area contributed by atoms with Crippen LogP contribution in [0.4, 0.5) is 17.5 Å². The highest BCUT2D eigenvalue weighted by atomic mass is 16.4. The SMILES string of the molecule is Oc1cccc(Nc2nc(NCCc3ccncc3)ncc2-c2nnc(C3CC3)o2)c1. The molecular weight excluding hydrogens is 394 g/mol. The minimum atomic E-state index is 0.158. The highest BCUT2D eigenvalue weighted by molar-refractivity contribution is 5.74. The first-order valence-electron chi connectivity index (χ1n) is 10.1. The fourth-order valence-corrected chi connectivity index (χ4v) is 3.15. The molecule has 9 nitrogen and oxygen atoms in total. The minimum absolute atomic E-state index is 0.158. The van der Waals surface area contributed by atoms with Crippen LogP contribution in [0, 0.1) is 0 Å². The summed E-state index contributed by atoms with van der Waals surface area (Å²) < 4.78 is 5.86. The molecule has 1 aliphatic rings. The fourth-order valence-electron chi connectivity index (χ4n) is 3.15. The lowest BCUT2D eigenvalue weighted by Crippen LogP contribution is -2.09. The first kappa shape index (κ1) is 19.0. The van der Waals surface area contributed by atoms with Crippen molar-refractivity contribution in [2.75, 3.05) is 17.2 Å². The number of rotatable bonds is 8. The number of hydrogen-bond acceptors (Lipinski definition) is 9. The van der Waals surface area contributed by atoms with Gasteiger partial charge in [-0.05, 0) is 49.1 Å². The maximum Gasteiger partial charge on any atom is 0.253 e. The van der Waals surface area contributed by atoms with Crippen molar-refractivity contribution in [3.05, 3.63) is 66.4 Å². The van der Waals surface area contributed by atoms with Crippen LogP contribution in [-0.4, -0.2) is 36.8 Å². The van der Waals surface area contributed by atoms with Crippen LogP contribution in [0.25, 0.3) is 11.5 Å². The van der Waals surface area contributed by atoms with E-state index in [4.69, 9.17) is 4.42 Å². The van der Waals surface area contributed by atoms with Crippen molar-refractivity contribution in [1.82, 2.24) is 25.1 Å². The fraction of sp³-hybridized carbons (Fsp3) is 0.227. The van der Waals surface area contributed by atoms with E-state index in [9.17, 15) is 5.11 Å². The normalized spacial score (nSPS) is 13.2. The lowest BCUT2D eigenvalue weighted by Gasteiger charge is -2.11. The number of nitrogens with zero attached hydrogens (tertiary/aromatic N) is 5. The van der Waals surface area contributed by atoms with E-state index in [1.165, 1.54) is 5.56 Å². The van der Waals surface area contributed by atoms with Crippen LogP contribution >= 0.6 is 0 Å². The van der Waals surface area contributed by atoms with Gasteiger partial charge in [-0.25, -0.2) is 4.98 Å². The van der Waals surface area contributed by atoms with Crippen molar-refractivity contribution < 1.29 is 9.52 Å². The van der Waals surface area contributed by atoms with E-state index in [0.717, 1.165) is 19.3 Å². The topological polar surface area (TPSA) is 122 Å². The molecule has 4 aromatic rings. The van der Waals surface area contributed by atoms with Crippen LogP contribution in [0.2, 0.25) is 0 Å². The Hall–Kier alpha value is -4.01. The maximum absolute atomic E-state index is 9.80. The molecule has 3 aromatic heterocycles. The molecule has 5 rings (SSSR count). The predicted octanol–water partition coefficient (Wildman–Crippen LogP) is 3.90. The van der Waals surface area contributed by atoms with Crippen molar-refractivity contribution in [3.8, 4) is 17.2 Å². The summed E-state index contributed by atoms with van der Waals surface area (Å²) in [6.07, 6.45) is 8.19. The first-order valence-corrected chi connectivity index (χ1v) is 10.1. The van der Waals surface area contributed by atoms with Gasteiger partial charge in [0.25, 0.3) is 5.89 Å². The summed E-state index contributed by atoms with van der Waals surface area (Å²) in [5.74, 6) is 2.52. The van der Waals surface area contributed by atoms with Crippen molar-refractivity contribution in [2.24, 2.45) is 0 Å². The van der Waals surface area contributed by atoms with Crippen LogP contribution in [0.1, 0.15) is 30.2 Å². The van der Waals surface area contributed by atoms with Crippen molar-refractivity contribution in [1.29, 1.82) is 0 Å². The molecule has 31 heavy (non-hydrogen) atoms. The lowest BCUT2D eigenvalue weighted by atomic mass is 10.2. The average Bonchev–Trinajstić information content (AvgIpc) is 3.52. The van der Waals surface area contributed by atoms with Gasteiger partial charge in [0.2, 0.25) is 11.8 Å². The van der Waals surface area contributed by atoms with E-state index < -0.39 is 0 Å². The number of nitrogens with one attached hydrogen (secondary N) is 2. The molecule has 1 fully saturated rings. The van der Waals surface area contributed by atoms with Gasteiger partial charge in [0.1, 0.15) is 17.1 Å². The van der Waals surface area contributed by atoms with E-state index >= 15 is 0 Å². The molecule has 0 amide bonds. The number of benzene rings is 1. The molecule has 0 aliphatic heterocycles. The van der Waals surface area contributed by atoms with Crippen LogP contribution in [0.5, 0.6) is 5.75 Å². The molecule has 0 atom stereocenters. The molecule has 0 saturated heterocycles. The predicted molar refractivity (Wildman–Crippen MR) is 115 cm³/mol. The summed E-state index contributed by atoms with van der Waals surface area (Å²) in [7, 11) is 0. The van der Waals surface area contributed by atoms with Crippen molar-refractivity contribution in [3.63, 3.8) is 0 Å². The molecule has 3 N–H and O–H groups in total. The van der Waals surface area contributed by atoms with Crippen molar-refractivity contribution in [2.45, 2.75) is 25.2 Å². The molecule has 0 radical (unpaired) electrons. The van der Waals surface area contributed by atoms with E-state index in [-0.39, 0.29) is 5.75 Å². The second-order valence-corrected chi connectivity index (χ2v) is 7.38. The van der Waals surface area contributed by atoms with Crippen LogP contribution < -0.4 is 10.6 Å². The van der Waals surface area contributed by atoms with E-state index in [0.29, 0.717) is 47.3 Å². The van der Waals surface area contributed by atoms with E-state index in [1.807, 2.05) is 18.2 Å². The van der Waals surface area contributed by atoms with Gasteiger partial charge in [-0.2, -0.15) is 4.98 Å². The van der Waals surface area contributed by atoms with E-state index in [1.54, 1.807) is 36.8 Å². The Bertz CT molecular complexity index is 1180. The average molecular weight is 415 g/mol. The van der Waals surface area contributed by atoms with Gasteiger partial charge in [-0.15, -0.1) is 10.2 Å². The summed E-state index contributed by atoms with van der Waals surface area (Å²) in [4.78, 5) is 13.1. The largest absolute Gasteiger partial charge is 0.508 e. The molecule has 1 saturated carbocycles. The molecule has 0 bridgehead atoms. The van der Waals surface area contributed by atoms with Gasteiger partial charge in [0.05, 0.1) is 0 Å². The lowest BCUT2D eigenvalue weighted by molar-refractivity contribution is 0.475. The first-order chi connectivity index (χ1) is 15.2. The Balaban J connectivity index is 1.39. The smallest absolute Gasteiger partial charge is 0.253 e. The monoisotopic (exact) mass is 415 g/mol. The Morgan fingerprint density at radius 3 is 2.77 bits per heavy atom. The zero-order valence-corrected chi connectivity index (χ0v) is 16.7. The molecule has 1 aromatic carbocycles. The molecule has 1 aliphatic carbocycles. The van der Waals surface area contributed by atoms with Crippen molar-refractivity contribution >= 4 is 17.5 Å². The Kier molecular flexibility index (Phi) is 5.14. The molecule has 0 spiro atoms. The number of aromatic nitrogens is 5. The Morgan fingerprint density at radius 1 is 1.10 bits per heavy atom. The molecule has 9 heteroatoms. The van der Waals surface area contributed by atoms with Gasteiger partial charge < -0.3 is 20.2 Å². The van der Waals surface area contributed by atoms with E-state index in [2.05, 4.69) is 35.8 Å². The number of anilines is 3. The third-order valence-electron chi connectivity index (χ3n) is 4.94. The third-order valence-corrected chi connectivity index (χ3v) is 4.94. The Morgan fingerprint density at radius 2 is 1.97 bits per heavy atom. The standard InChI is InChI=1S/C22H21N7O2/c30-17-3-1-2-16(12-17)26-19-18(21-29-28-20(31-21)15-4-5-15)13-25-22(27-19)24-11-8-14-6-9-23-10-7-14/h1-3,6-7,9-10,12-13,15,30H,4-5,8,11H2,(H2,24,25,26,27). The summed E-state index contributed by atoms with van der Waals surface area (Å²) in [6.45, 7) is 0.668. The van der Waals surface area contributed by atoms with Gasteiger partial charge in [0, 0.05) is 42.8 Å². The molecule has 156 valence electrons. The third kappa shape index (κ3) is 4.61. The van der Waals surface area contributed by atoms with Crippen LogP contribution in [0.3, 0.4) is 0 Å². The summed E-state index contributed by atoms with van der Waals surface area (Å²) in [6, 6.07) is 10.8. The van der Waals surface area contributed by atoms with Gasteiger partial charge in [0.15, 0.2) is 0 Å². The number of phenolic OH excluding ortho intramolecular Hbond substituents is 1. The molecule has 3 heterocycles. The Labute approximate surface area is 178 Å². The quantitative estimate of drug-likeness (QED) is 0.393. The zero-order valence-electron chi connectivity index (χ0n) is 16.7. The second kappa shape index (κ2) is 8.39. The minimum Gasteiger partial charge on any atom is -0.508 e. The van der Waals surface area contributed by atoms with Gasteiger partial charge >= 0.3 is 0 Å². The van der Waals surface area contributed by atoms with Gasteiger partial charge in [-0.1, -0.05) is 6.07 Å². The molecule has 0 unspecified atom stereocenters.